The van der Waals surface area contributed by atoms with E-state index in [9.17, 15) is 9.59 Å². The van der Waals surface area contributed by atoms with Crippen molar-refractivity contribution in [3.8, 4) is 5.75 Å². The van der Waals surface area contributed by atoms with Gasteiger partial charge in [-0.3, -0.25) is 14.3 Å². The van der Waals surface area contributed by atoms with Gasteiger partial charge in [-0.2, -0.15) is 5.10 Å². The highest BCUT2D eigenvalue weighted by Crippen LogP contribution is 2.31. The van der Waals surface area contributed by atoms with Crippen LogP contribution >= 0.6 is 0 Å². The summed E-state index contributed by atoms with van der Waals surface area (Å²) in [4.78, 5) is 27.4. The van der Waals surface area contributed by atoms with Gasteiger partial charge in [-0.1, -0.05) is 42.5 Å². The number of hydrogen-bond acceptors (Lipinski definition) is 5. The van der Waals surface area contributed by atoms with Gasteiger partial charge in [0, 0.05) is 7.05 Å². The van der Waals surface area contributed by atoms with Crippen LogP contribution < -0.4 is 15.0 Å². The van der Waals surface area contributed by atoms with Crippen LogP contribution in [0, 0.1) is 0 Å². The monoisotopic (exact) mass is 418 g/mol. The highest BCUT2D eigenvalue weighted by atomic mass is 16.5. The zero-order chi connectivity index (χ0) is 21.4. The Kier molecular flexibility index (Phi) is 4.91. The van der Waals surface area contributed by atoms with Gasteiger partial charge in [0.2, 0.25) is 0 Å². The summed E-state index contributed by atoms with van der Waals surface area (Å²) >= 11 is 0. The molecule has 1 N–H and O–H groups in total. The predicted octanol–water partition coefficient (Wildman–Crippen LogP) is 2.16. The van der Waals surface area contributed by atoms with Gasteiger partial charge >= 0.3 is 0 Å². The number of benzene rings is 2. The first-order valence-electron chi connectivity index (χ1n) is 10.2. The number of amides is 2. The lowest BCUT2D eigenvalue weighted by Crippen LogP contribution is -2.49. The van der Waals surface area contributed by atoms with Gasteiger partial charge in [0.25, 0.3) is 11.8 Å². The molecule has 8 heteroatoms. The summed E-state index contributed by atoms with van der Waals surface area (Å²) in [6.07, 6.45) is -0.285. The third kappa shape index (κ3) is 3.55. The molecule has 2 aliphatic heterocycles. The summed E-state index contributed by atoms with van der Waals surface area (Å²) < 4.78 is 13.5. The van der Waals surface area contributed by atoms with Crippen molar-refractivity contribution in [2.24, 2.45) is 0 Å². The summed E-state index contributed by atoms with van der Waals surface area (Å²) in [5, 5.41) is 7.24. The van der Waals surface area contributed by atoms with Crippen molar-refractivity contribution in [2.45, 2.75) is 18.7 Å². The molecule has 0 spiro atoms. The molecule has 2 aromatic carbocycles. The number of carbonyl (C=O) groups excluding carboxylic acids is 2. The molecule has 3 heterocycles. The molecule has 5 rings (SSSR count). The van der Waals surface area contributed by atoms with Crippen molar-refractivity contribution >= 4 is 17.5 Å². The van der Waals surface area contributed by atoms with Crippen LogP contribution in [0.3, 0.4) is 0 Å². The minimum atomic E-state index is -0.815. The van der Waals surface area contributed by atoms with Gasteiger partial charge < -0.3 is 19.7 Å². The van der Waals surface area contributed by atoms with Gasteiger partial charge in [0.1, 0.15) is 24.5 Å². The van der Waals surface area contributed by atoms with Crippen LogP contribution in [0.4, 0.5) is 5.69 Å². The second-order valence-corrected chi connectivity index (χ2v) is 7.54. The highest BCUT2D eigenvalue weighted by Gasteiger charge is 2.32. The van der Waals surface area contributed by atoms with E-state index in [1.807, 2.05) is 48.5 Å². The lowest BCUT2D eigenvalue weighted by molar-refractivity contribution is -0.120. The topological polar surface area (TPSA) is 85.7 Å². The molecule has 31 heavy (non-hydrogen) atoms. The smallest absolute Gasteiger partial charge is 0.272 e. The van der Waals surface area contributed by atoms with Crippen molar-refractivity contribution in [3.63, 3.8) is 0 Å². The van der Waals surface area contributed by atoms with Gasteiger partial charge in [-0.05, 0) is 23.8 Å². The summed E-state index contributed by atoms with van der Waals surface area (Å²) in [6, 6.07) is 18.0. The van der Waals surface area contributed by atoms with Gasteiger partial charge in [-0.15, -0.1) is 0 Å². The van der Waals surface area contributed by atoms with Crippen molar-refractivity contribution in [1.29, 1.82) is 0 Å². The van der Waals surface area contributed by atoms with E-state index in [0.29, 0.717) is 24.6 Å². The summed E-state index contributed by atoms with van der Waals surface area (Å²) in [5.41, 5.74) is 2.74. The van der Waals surface area contributed by atoms with Crippen LogP contribution in [-0.4, -0.2) is 47.9 Å². The zero-order valence-corrected chi connectivity index (χ0v) is 17.0. The number of fused-ring (bicyclic) bond motifs is 2. The fourth-order valence-corrected chi connectivity index (χ4v) is 3.96. The number of likely N-dealkylation sites (N-methyl/N-ethyl adjacent to an activating group) is 1. The average Bonchev–Trinajstić information content (AvgIpc) is 3.22. The summed E-state index contributed by atoms with van der Waals surface area (Å²) in [6.45, 7) is 1.12. The van der Waals surface area contributed by atoms with E-state index in [2.05, 4.69) is 10.4 Å². The van der Waals surface area contributed by atoms with E-state index in [-0.39, 0.29) is 24.3 Å². The minimum Gasteiger partial charge on any atom is -0.489 e. The SMILES string of the molecule is CN1C(=O)[C@@H](NC(=O)c2cc3n(n2)CCO[C@H]3c2ccccc2)COc2ccccc21. The van der Waals surface area contributed by atoms with E-state index in [1.54, 1.807) is 23.9 Å². The maximum absolute atomic E-state index is 13.0. The Morgan fingerprint density at radius 2 is 1.90 bits per heavy atom. The Bertz CT molecular complexity index is 1130. The van der Waals surface area contributed by atoms with E-state index in [4.69, 9.17) is 9.47 Å². The molecule has 0 bridgehead atoms. The lowest BCUT2D eigenvalue weighted by atomic mass is 10.1. The predicted molar refractivity (Wildman–Crippen MR) is 113 cm³/mol. The van der Waals surface area contributed by atoms with Crippen molar-refractivity contribution in [2.75, 3.05) is 25.2 Å². The molecule has 8 nitrogen and oxygen atoms in total. The van der Waals surface area contributed by atoms with Crippen molar-refractivity contribution in [3.05, 3.63) is 77.6 Å². The van der Waals surface area contributed by atoms with Gasteiger partial charge in [0.05, 0.1) is 24.5 Å². The lowest BCUT2D eigenvalue weighted by Gasteiger charge is -2.24. The van der Waals surface area contributed by atoms with Crippen LogP contribution in [-0.2, 0) is 16.1 Å². The number of carbonyl (C=O) groups is 2. The van der Waals surface area contributed by atoms with E-state index >= 15 is 0 Å². The van der Waals surface area contributed by atoms with Gasteiger partial charge in [-0.25, -0.2) is 0 Å². The maximum Gasteiger partial charge on any atom is 0.272 e. The Labute approximate surface area is 179 Å². The standard InChI is InChI=1S/C23H22N4O4/c1-26-18-9-5-6-10-20(18)31-14-17(23(26)29)24-22(28)16-13-19-21(15-7-3-2-4-8-15)30-12-11-27(19)25-16/h2-10,13,17,21H,11-12,14H2,1H3,(H,24,28)/t17-,21-/m0/s1. The first-order valence-corrected chi connectivity index (χ1v) is 10.2. The maximum atomic E-state index is 13.0. The van der Waals surface area contributed by atoms with E-state index in [0.717, 1.165) is 11.3 Å². The second kappa shape index (κ2) is 7.88. The van der Waals surface area contributed by atoms with Crippen molar-refractivity contribution < 1.29 is 19.1 Å². The number of hydrogen-bond donors (Lipinski definition) is 1. The van der Waals surface area contributed by atoms with Crippen LogP contribution in [0.25, 0.3) is 0 Å². The molecule has 2 aliphatic rings. The quantitative estimate of drug-likeness (QED) is 0.705. The Hall–Kier alpha value is -3.65. The molecule has 0 fully saturated rings. The fourth-order valence-electron chi connectivity index (χ4n) is 3.96. The molecule has 1 aromatic heterocycles. The first kappa shape index (κ1) is 19.3. The van der Waals surface area contributed by atoms with Crippen LogP contribution in [0.1, 0.15) is 27.8 Å². The molecule has 0 saturated carbocycles. The number of anilines is 1. The molecule has 0 saturated heterocycles. The molecule has 158 valence electrons. The summed E-state index contributed by atoms with van der Waals surface area (Å²) in [7, 11) is 1.67. The number of para-hydroxylation sites is 2. The number of aromatic nitrogens is 2. The second-order valence-electron chi connectivity index (χ2n) is 7.54. The number of nitrogens with one attached hydrogen (secondary N) is 1. The Morgan fingerprint density at radius 3 is 2.74 bits per heavy atom. The molecular weight excluding hydrogens is 396 g/mol. The molecule has 2 amide bonds. The van der Waals surface area contributed by atoms with Crippen LogP contribution in [0.15, 0.2) is 60.7 Å². The number of ether oxygens (including phenoxy) is 2. The van der Waals surface area contributed by atoms with E-state index < -0.39 is 11.9 Å². The highest BCUT2D eigenvalue weighted by molar-refractivity contribution is 6.02. The third-order valence-electron chi connectivity index (χ3n) is 5.57. The van der Waals surface area contributed by atoms with Crippen molar-refractivity contribution in [1.82, 2.24) is 15.1 Å². The molecule has 0 radical (unpaired) electrons. The largest absolute Gasteiger partial charge is 0.489 e. The molecule has 3 aromatic rings. The minimum absolute atomic E-state index is 0.0508. The van der Waals surface area contributed by atoms with Crippen LogP contribution in [0.5, 0.6) is 5.75 Å². The number of rotatable bonds is 3. The molecule has 0 aliphatic carbocycles. The molecule has 0 unspecified atom stereocenters. The number of nitrogens with zero attached hydrogens (tertiary/aromatic N) is 3. The normalized spacial score (nSPS) is 20.3. The average molecular weight is 418 g/mol. The summed E-state index contributed by atoms with van der Waals surface area (Å²) in [5.74, 6) is -0.0572. The third-order valence-corrected chi connectivity index (χ3v) is 5.57. The van der Waals surface area contributed by atoms with Crippen LogP contribution in [0.2, 0.25) is 0 Å². The molecule has 2 atom stereocenters. The Morgan fingerprint density at radius 1 is 1.13 bits per heavy atom. The Balaban J connectivity index is 1.36. The fraction of sp³-hybridized carbons (Fsp3) is 0.261. The zero-order valence-electron chi connectivity index (χ0n) is 17.0. The first-order chi connectivity index (χ1) is 15.1. The molecular formula is C23H22N4O4. The van der Waals surface area contributed by atoms with E-state index in [1.165, 1.54) is 4.90 Å². The van der Waals surface area contributed by atoms with Gasteiger partial charge in [0.15, 0.2) is 5.69 Å².